The molecule has 2 N–H and O–H groups in total. The van der Waals surface area contributed by atoms with Gasteiger partial charge in [-0.2, -0.15) is 0 Å². The van der Waals surface area contributed by atoms with Crippen molar-refractivity contribution in [2.24, 2.45) is 5.73 Å². The highest BCUT2D eigenvalue weighted by molar-refractivity contribution is 5.45. The first-order valence-electron chi connectivity index (χ1n) is 7.04. The van der Waals surface area contributed by atoms with E-state index in [-0.39, 0.29) is 11.9 Å². The maximum absolute atomic E-state index is 14.0. The summed E-state index contributed by atoms with van der Waals surface area (Å²) in [5.41, 5.74) is 6.27. The number of benzene rings is 2. The van der Waals surface area contributed by atoms with Gasteiger partial charge in [0.25, 0.3) is 0 Å². The van der Waals surface area contributed by atoms with E-state index in [1.54, 1.807) is 18.2 Å². The van der Waals surface area contributed by atoms with Gasteiger partial charge in [0.2, 0.25) is 0 Å². The molecule has 0 aromatic heterocycles. The van der Waals surface area contributed by atoms with Gasteiger partial charge in [0.15, 0.2) is 11.5 Å². The molecule has 2 rings (SSSR count). The molecule has 4 heteroatoms. The van der Waals surface area contributed by atoms with Crippen LogP contribution in [-0.4, -0.2) is 12.6 Å². The van der Waals surface area contributed by atoms with Gasteiger partial charge >= 0.3 is 0 Å². The van der Waals surface area contributed by atoms with Gasteiger partial charge in [0.05, 0.1) is 6.61 Å². The van der Waals surface area contributed by atoms with Gasteiger partial charge in [0, 0.05) is 11.6 Å². The van der Waals surface area contributed by atoms with Crippen molar-refractivity contribution in [3.05, 3.63) is 53.8 Å². The van der Waals surface area contributed by atoms with Gasteiger partial charge in [-0.05, 0) is 44.5 Å². The SMILES string of the molecule is CCOc1ccccc1Oc1cccc(F)c1CC(C)N. The summed E-state index contributed by atoms with van der Waals surface area (Å²) in [7, 11) is 0. The van der Waals surface area contributed by atoms with Gasteiger partial charge in [-0.25, -0.2) is 4.39 Å². The smallest absolute Gasteiger partial charge is 0.169 e. The lowest BCUT2D eigenvalue weighted by Crippen LogP contribution is -2.19. The molecule has 21 heavy (non-hydrogen) atoms. The molecule has 0 aliphatic carbocycles. The third-order valence-electron chi connectivity index (χ3n) is 2.97. The molecule has 0 saturated heterocycles. The van der Waals surface area contributed by atoms with E-state index in [0.29, 0.717) is 35.8 Å². The van der Waals surface area contributed by atoms with Crippen LogP contribution < -0.4 is 15.2 Å². The number of halogens is 1. The molecule has 1 atom stereocenters. The van der Waals surface area contributed by atoms with Crippen LogP contribution >= 0.6 is 0 Å². The quantitative estimate of drug-likeness (QED) is 0.877. The first-order chi connectivity index (χ1) is 10.1. The van der Waals surface area contributed by atoms with Gasteiger partial charge in [-0.3, -0.25) is 0 Å². The third-order valence-corrected chi connectivity index (χ3v) is 2.97. The van der Waals surface area contributed by atoms with Crippen molar-refractivity contribution in [2.75, 3.05) is 6.61 Å². The lowest BCUT2D eigenvalue weighted by molar-refractivity contribution is 0.320. The molecule has 0 amide bonds. The second-order valence-corrected chi connectivity index (χ2v) is 4.88. The Morgan fingerprint density at radius 2 is 1.71 bits per heavy atom. The van der Waals surface area contributed by atoms with Crippen LogP contribution in [0.25, 0.3) is 0 Å². The van der Waals surface area contributed by atoms with Gasteiger partial charge in [0.1, 0.15) is 11.6 Å². The number of hydrogen-bond donors (Lipinski definition) is 1. The van der Waals surface area contributed by atoms with Crippen molar-refractivity contribution in [3.8, 4) is 17.2 Å². The molecule has 0 spiro atoms. The fourth-order valence-corrected chi connectivity index (χ4v) is 2.08. The molecule has 1 unspecified atom stereocenters. The maximum atomic E-state index is 14.0. The minimum Gasteiger partial charge on any atom is -0.490 e. The highest BCUT2D eigenvalue weighted by atomic mass is 19.1. The Morgan fingerprint density at radius 1 is 1.05 bits per heavy atom. The van der Waals surface area contributed by atoms with Crippen LogP contribution in [0.15, 0.2) is 42.5 Å². The zero-order valence-corrected chi connectivity index (χ0v) is 12.3. The second-order valence-electron chi connectivity index (χ2n) is 4.88. The predicted octanol–water partition coefficient (Wildman–Crippen LogP) is 3.91. The summed E-state index contributed by atoms with van der Waals surface area (Å²) >= 11 is 0. The molecule has 0 fully saturated rings. The summed E-state index contributed by atoms with van der Waals surface area (Å²) in [5, 5.41) is 0. The van der Waals surface area contributed by atoms with Crippen LogP contribution in [0.1, 0.15) is 19.4 Å². The predicted molar refractivity (Wildman–Crippen MR) is 81.4 cm³/mol. The first-order valence-corrected chi connectivity index (χ1v) is 7.04. The van der Waals surface area contributed by atoms with Crippen LogP contribution in [0.2, 0.25) is 0 Å². The normalized spacial score (nSPS) is 12.0. The summed E-state index contributed by atoms with van der Waals surface area (Å²) < 4.78 is 25.4. The van der Waals surface area contributed by atoms with Gasteiger partial charge < -0.3 is 15.2 Å². The van der Waals surface area contributed by atoms with Crippen LogP contribution in [0.3, 0.4) is 0 Å². The Kier molecular flexibility index (Phi) is 5.17. The van der Waals surface area contributed by atoms with Crippen molar-refractivity contribution < 1.29 is 13.9 Å². The molecule has 112 valence electrons. The van der Waals surface area contributed by atoms with Crippen molar-refractivity contribution in [2.45, 2.75) is 26.3 Å². The van der Waals surface area contributed by atoms with E-state index in [1.165, 1.54) is 6.07 Å². The summed E-state index contributed by atoms with van der Waals surface area (Å²) in [5.74, 6) is 1.37. The van der Waals surface area contributed by atoms with E-state index in [4.69, 9.17) is 15.2 Å². The van der Waals surface area contributed by atoms with E-state index >= 15 is 0 Å². The Morgan fingerprint density at radius 3 is 2.38 bits per heavy atom. The van der Waals surface area contributed by atoms with E-state index < -0.39 is 0 Å². The number of nitrogens with two attached hydrogens (primary N) is 1. The Balaban J connectivity index is 2.33. The van der Waals surface area contributed by atoms with E-state index in [2.05, 4.69) is 0 Å². The van der Waals surface area contributed by atoms with Crippen LogP contribution in [0, 0.1) is 5.82 Å². The van der Waals surface area contributed by atoms with Crippen LogP contribution in [0.4, 0.5) is 4.39 Å². The molecule has 0 radical (unpaired) electrons. The van der Waals surface area contributed by atoms with Crippen molar-refractivity contribution in [1.82, 2.24) is 0 Å². The van der Waals surface area contributed by atoms with Crippen LogP contribution in [-0.2, 0) is 6.42 Å². The highest BCUT2D eigenvalue weighted by Crippen LogP contribution is 2.34. The standard InChI is InChI=1S/C17H20FNO2/c1-3-20-16-8-4-5-9-17(16)21-15-10-6-7-14(18)13(15)11-12(2)19/h4-10,12H,3,11,19H2,1-2H3. The monoisotopic (exact) mass is 289 g/mol. The molecule has 0 aliphatic rings. The fraction of sp³-hybridized carbons (Fsp3) is 0.294. The van der Waals surface area contributed by atoms with E-state index in [9.17, 15) is 4.39 Å². The fourth-order valence-electron chi connectivity index (χ4n) is 2.08. The van der Waals surface area contributed by atoms with Crippen molar-refractivity contribution in [1.29, 1.82) is 0 Å². The molecular weight excluding hydrogens is 269 g/mol. The van der Waals surface area contributed by atoms with Crippen molar-refractivity contribution >= 4 is 0 Å². The molecule has 0 bridgehead atoms. The molecule has 2 aromatic rings. The Labute approximate surface area is 124 Å². The summed E-state index contributed by atoms with van der Waals surface area (Å²) in [6.45, 7) is 4.28. The molecule has 2 aromatic carbocycles. The minimum absolute atomic E-state index is 0.147. The Bertz CT molecular complexity index is 599. The highest BCUT2D eigenvalue weighted by Gasteiger charge is 2.14. The molecule has 0 heterocycles. The minimum atomic E-state index is -0.307. The second kappa shape index (κ2) is 7.09. The first kappa shape index (κ1) is 15.3. The molecule has 0 aliphatic heterocycles. The largest absolute Gasteiger partial charge is 0.490 e. The number of rotatable bonds is 6. The lowest BCUT2D eigenvalue weighted by Gasteiger charge is -2.15. The van der Waals surface area contributed by atoms with Crippen LogP contribution in [0.5, 0.6) is 17.2 Å². The third kappa shape index (κ3) is 3.95. The number of hydrogen-bond acceptors (Lipinski definition) is 3. The zero-order chi connectivity index (χ0) is 15.2. The molecular formula is C17H20FNO2. The summed E-state index contributed by atoms with van der Waals surface area (Å²) in [6, 6.07) is 12.0. The number of para-hydroxylation sites is 2. The van der Waals surface area contributed by atoms with Crippen molar-refractivity contribution in [3.63, 3.8) is 0 Å². The van der Waals surface area contributed by atoms with Gasteiger partial charge in [-0.15, -0.1) is 0 Å². The number of ether oxygens (including phenoxy) is 2. The topological polar surface area (TPSA) is 44.5 Å². The Hall–Kier alpha value is -2.07. The molecule has 3 nitrogen and oxygen atoms in total. The summed E-state index contributed by atoms with van der Waals surface area (Å²) in [4.78, 5) is 0. The zero-order valence-electron chi connectivity index (χ0n) is 12.3. The lowest BCUT2D eigenvalue weighted by atomic mass is 10.1. The van der Waals surface area contributed by atoms with Gasteiger partial charge in [-0.1, -0.05) is 18.2 Å². The molecule has 0 saturated carbocycles. The summed E-state index contributed by atoms with van der Waals surface area (Å²) in [6.07, 6.45) is 0.415. The van der Waals surface area contributed by atoms with E-state index in [1.807, 2.05) is 32.0 Å². The van der Waals surface area contributed by atoms with E-state index in [0.717, 1.165) is 0 Å². The maximum Gasteiger partial charge on any atom is 0.169 e. The average molecular weight is 289 g/mol. The average Bonchev–Trinajstić information content (AvgIpc) is 2.45.